The summed E-state index contributed by atoms with van der Waals surface area (Å²) in [6.45, 7) is 8.42. The van der Waals surface area contributed by atoms with Crippen LogP contribution in [0.15, 0.2) is 0 Å². The lowest BCUT2D eigenvalue weighted by atomic mass is 9.87. The van der Waals surface area contributed by atoms with Gasteiger partial charge >= 0.3 is 11.9 Å². The summed E-state index contributed by atoms with van der Waals surface area (Å²) in [6.07, 6.45) is 7.20. The summed E-state index contributed by atoms with van der Waals surface area (Å²) in [5.41, 5.74) is 0. The van der Waals surface area contributed by atoms with Crippen molar-refractivity contribution in [1.29, 1.82) is 0 Å². The van der Waals surface area contributed by atoms with Crippen molar-refractivity contribution in [1.82, 2.24) is 0 Å². The van der Waals surface area contributed by atoms with Crippen molar-refractivity contribution >= 4 is 11.9 Å². The highest BCUT2D eigenvalue weighted by atomic mass is 16.6. The fraction of sp³-hybridized carbons (Fsp3) is 0.882. The Bertz CT molecular complexity index is 263. The van der Waals surface area contributed by atoms with E-state index in [0.29, 0.717) is 25.6 Å². The van der Waals surface area contributed by atoms with Crippen molar-refractivity contribution in [3.05, 3.63) is 0 Å². The highest BCUT2D eigenvalue weighted by Gasteiger charge is 2.31. The molecule has 4 nitrogen and oxygen atoms in total. The largest absolute Gasteiger partial charge is 0.465 e. The minimum Gasteiger partial charge on any atom is -0.465 e. The molecule has 0 unspecified atom stereocenters. The van der Waals surface area contributed by atoms with E-state index < -0.39 is 17.9 Å². The number of carbonyl (C=O) groups is 2. The van der Waals surface area contributed by atoms with Crippen molar-refractivity contribution in [2.75, 3.05) is 13.2 Å². The Balaban J connectivity index is 4.75. The second-order valence-corrected chi connectivity index (χ2v) is 5.44. The van der Waals surface area contributed by atoms with Crippen LogP contribution >= 0.6 is 0 Å². The van der Waals surface area contributed by atoms with E-state index in [9.17, 15) is 9.59 Å². The van der Waals surface area contributed by atoms with Crippen LogP contribution in [0.5, 0.6) is 0 Å². The van der Waals surface area contributed by atoms with E-state index in [0.717, 1.165) is 38.5 Å². The standard InChI is InChI=1S/C17H32O4/c1-5-9-11-14(12-10-6-2)13-15(16(18)20-7-3)17(19)21-8-4/h14-15H,5-13H2,1-4H3. The minimum atomic E-state index is -0.761. The predicted molar refractivity (Wildman–Crippen MR) is 83.9 cm³/mol. The first-order chi connectivity index (χ1) is 10.1. The van der Waals surface area contributed by atoms with Gasteiger partial charge in [0.1, 0.15) is 0 Å². The summed E-state index contributed by atoms with van der Waals surface area (Å²) in [6, 6.07) is 0. The van der Waals surface area contributed by atoms with Crippen LogP contribution in [0.3, 0.4) is 0 Å². The van der Waals surface area contributed by atoms with Gasteiger partial charge in [0.05, 0.1) is 13.2 Å². The van der Waals surface area contributed by atoms with E-state index in [-0.39, 0.29) is 0 Å². The Morgan fingerprint density at radius 2 is 1.24 bits per heavy atom. The van der Waals surface area contributed by atoms with Crippen LogP contribution in [0.2, 0.25) is 0 Å². The molecule has 0 radical (unpaired) electrons. The van der Waals surface area contributed by atoms with Gasteiger partial charge in [0.2, 0.25) is 0 Å². The zero-order chi connectivity index (χ0) is 16.1. The van der Waals surface area contributed by atoms with Crippen LogP contribution in [0.1, 0.15) is 72.6 Å². The highest BCUT2D eigenvalue weighted by Crippen LogP contribution is 2.25. The summed E-state index contributed by atoms with van der Waals surface area (Å²) in [4.78, 5) is 24.0. The van der Waals surface area contributed by atoms with Crippen molar-refractivity contribution in [3.8, 4) is 0 Å². The molecule has 0 aromatic carbocycles. The Kier molecular flexibility index (Phi) is 12.0. The van der Waals surface area contributed by atoms with Crippen LogP contribution in [-0.4, -0.2) is 25.2 Å². The first kappa shape index (κ1) is 19.9. The molecule has 0 amide bonds. The Labute approximate surface area is 129 Å². The van der Waals surface area contributed by atoms with Gasteiger partial charge in [0.25, 0.3) is 0 Å². The van der Waals surface area contributed by atoms with Gasteiger partial charge in [-0.2, -0.15) is 0 Å². The fourth-order valence-corrected chi connectivity index (χ4v) is 2.47. The van der Waals surface area contributed by atoms with Gasteiger partial charge in [-0.1, -0.05) is 52.4 Å². The number of hydrogen-bond donors (Lipinski definition) is 0. The molecule has 0 aromatic heterocycles. The maximum Gasteiger partial charge on any atom is 0.320 e. The number of hydrogen-bond acceptors (Lipinski definition) is 4. The summed E-state index contributed by atoms with van der Waals surface area (Å²) < 4.78 is 10.1. The number of esters is 2. The molecule has 4 heteroatoms. The molecule has 0 N–H and O–H groups in total. The SMILES string of the molecule is CCCCC(CCCC)CC(C(=O)OCC)C(=O)OCC. The maximum atomic E-state index is 12.0. The number of ether oxygens (including phenoxy) is 2. The number of rotatable bonds is 12. The molecule has 0 aliphatic carbocycles. The molecular formula is C17H32O4. The zero-order valence-corrected chi connectivity index (χ0v) is 14.2. The first-order valence-electron chi connectivity index (χ1n) is 8.43. The van der Waals surface area contributed by atoms with Gasteiger partial charge < -0.3 is 9.47 Å². The molecule has 0 atom stereocenters. The lowest BCUT2D eigenvalue weighted by Crippen LogP contribution is -2.30. The zero-order valence-electron chi connectivity index (χ0n) is 14.2. The van der Waals surface area contributed by atoms with E-state index in [2.05, 4.69) is 13.8 Å². The number of carbonyl (C=O) groups excluding carboxylic acids is 2. The topological polar surface area (TPSA) is 52.6 Å². The van der Waals surface area contributed by atoms with Gasteiger partial charge in [-0.3, -0.25) is 9.59 Å². The maximum absolute atomic E-state index is 12.0. The first-order valence-corrected chi connectivity index (χ1v) is 8.43. The average molecular weight is 300 g/mol. The lowest BCUT2D eigenvalue weighted by molar-refractivity contribution is -0.162. The molecule has 0 heterocycles. The van der Waals surface area contributed by atoms with Crippen LogP contribution in [0.25, 0.3) is 0 Å². The molecule has 0 saturated carbocycles. The fourth-order valence-electron chi connectivity index (χ4n) is 2.47. The van der Waals surface area contributed by atoms with Crippen LogP contribution in [0.4, 0.5) is 0 Å². The minimum absolute atomic E-state index is 0.295. The molecule has 21 heavy (non-hydrogen) atoms. The highest BCUT2D eigenvalue weighted by molar-refractivity contribution is 5.94. The molecule has 0 aliphatic rings. The summed E-state index contributed by atoms with van der Waals surface area (Å²) in [5.74, 6) is -1.24. The quantitative estimate of drug-likeness (QED) is 0.402. The van der Waals surface area contributed by atoms with Crippen LogP contribution in [-0.2, 0) is 19.1 Å². The van der Waals surface area contributed by atoms with Crippen LogP contribution < -0.4 is 0 Å². The van der Waals surface area contributed by atoms with E-state index in [1.165, 1.54) is 0 Å². The molecule has 0 fully saturated rings. The van der Waals surface area contributed by atoms with Gasteiger partial charge in [-0.05, 0) is 26.2 Å². The summed E-state index contributed by atoms with van der Waals surface area (Å²) in [5, 5.41) is 0. The van der Waals surface area contributed by atoms with Crippen molar-refractivity contribution in [2.45, 2.75) is 72.6 Å². The molecule has 0 saturated heterocycles. The molecule has 0 bridgehead atoms. The number of unbranched alkanes of at least 4 members (excludes halogenated alkanes) is 2. The second kappa shape index (κ2) is 12.7. The smallest absolute Gasteiger partial charge is 0.320 e. The van der Waals surface area contributed by atoms with Gasteiger partial charge in [-0.15, -0.1) is 0 Å². The molecule has 0 spiro atoms. The van der Waals surface area contributed by atoms with Crippen molar-refractivity contribution in [2.24, 2.45) is 11.8 Å². The van der Waals surface area contributed by atoms with Crippen molar-refractivity contribution in [3.63, 3.8) is 0 Å². The van der Waals surface area contributed by atoms with Crippen LogP contribution in [0, 0.1) is 11.8 Å². The molecule has 0 aromatic rings. The summed E-state index contributed by atoms with van der Waals surface area (Å²) >= 11 is 0. The normalized spacial score (nSPS) is 11.0. The summed E-state index contributed by atoms with van der Waals surface area (Å²) in [7, 11) is 0. The monoisotopic (exact) mass is 300 g/mol. The van der Waals surface area contributed by atoms with Gasteiger partial charge in [-0.25, -0.2) is 0 Å². The van der Waals surface area contributed by atoms with E-state index >= 15 is 0 Å². The van der Waals surface area contributed by atoms with Gasteiger partial charge in [0, 0.05) is 0 Å². The van der Waals surface area contributed by atoms with Crippen molar-refractivity contribution < 1.29 is 19.1 Å². The van der Waals surface area contributed by atoms with E-state index in [4.69, 9.17) is 9.47 Å². The molecule has 0 aliphatic heterocycles. The third kappa shape index (κ3) is 8.74. The third-order valence-electron chi connectivity index (χ3n) is 3.64. The predicted octanol–water partition coefficient (Wildman–Crippen LogP) is 4.12. The lowest BCUT2D eigenvalue weighted by Gasteiger charge is -2.21. The van der Waals surface area contributed by atoms with Gasteiger partial charge in [0.15, 0.2) is 5.92 Å². The molecule has 124 valence electrons. The Hall–Kier alpha value is -1.06. The molecular weight excluding hydrogens is 268 g/mol. The second-order valence-electron chi connectivity index (χ2n) is 5.44. The van der Waals surface area contributed by atoms with E-state index in [1.807, 2.05) is 0 Å². The van der Waals surface area contributed by atoms with E-state index in [1.54, 1.807) is 13.8 Å². The third-order valence-corrected chi connectivity index (χ3v) is 3.64. The Morgan fingerprint density at radius 3 is 1.57 bits per heavy atom. The molecule has 0 rings (SSSR count). The average Bonchev–Trinajstić information content (AvgIpc) is 2.46. The Morgan fingerprint density at radius 1 is 0.810 bits per heavy atom.